The van der Waals surface area contributed by atoms with E-state index in [9.17, 15) is 9.59 Å². The summed E-state index contributed by atoms with van der Waals surface area (Å²) in [6, 6.07) is 3.53. The predicted octanol–water partition coefficient (Wildman–Crippen LogP) is 1.48. The van der Waals surface area contributed by atoms with Crippen LogP contribution < -0.4 is 10.5 Å². The van der Waals surface area contributed by atoms with Gasteiger partial charge in [-0.05, 0) is 31.0 Å². The Labute approximate surface area is 169 Å². The number of nitrogens with zero attached hydrogens (tertiary/aromatic N) is 5. The molecule has 9 nitrogen and oxygen atoms in total. The normalized spacial score (nSPS) is 19.1. The number of carbonyl (C=O) groups excluding carboxylic acids is 2. The van der Waals surface area contributed by atoms with Gasteiger partial charge in [-0.25, -0.2) is 15.0 Å². The third kappa shape index (κ3) is 4.56. The van der Waals surface area contributed by atoms with E-state index in [1.807, 2.05) is 6.92 Å². The molecule has 9 heteroatoms. The van der Waals surface area contributed by atoms with Crippen LogP contribution in [0.4, 0.5) is 0 Å². The molecule has 0 saturated heterocycles. The maximum absolute atomic E-state index is 12.6. The summed E-state index contributed by atoms with van der Waals surface area (Å²) in [6.07, 6.45) is 5.61. The number of ether oxygens (including phenoxy) is 1. The van der Waals surface area contributed by atoms with Gasteiger partial charge in [-0.1, -0.05) is 6.92 Å². The molecule has 2 aromatic heterocycles. The summed E-state index contributed by atoms with van der Waals surface area (Å²) in [5.41, 5.74) is 6.59. The van der Waals surface area contributed by atoms with E-state index >= 15 is 0 Å². The summed E-state index contributed by atoms with van der Waals surface area (Å²) in [5.74, 6) is 0.228. The van der Waals surface area contributed by atoms with Crippen LogP contribution in [0.5, 0.6) is 5.88 Å². The van der Waals surface area contributed by atoms with Crippen LogP contribution in [0.15, 0.2) is 35.7 Å². The van der Waals surface area contributed by atoms with Gasteiger partial charge in [0, 0.05) is 19.7 Å². The van der Waals surface area contributed by atoms with E-state index in [1.54, 1.807) is 32.3 Å². The van der Waals surface area contributed by atoms with E-state index in [1.165, 1.54) is 17.3 Å². The van der Waals surface area contributed by atoms with Gasteiger partial charge in [0.05, 0.1) is 31.1 Å². The lowest BCUT2D eigenvalue weighted by atomic mass is 9.90. The second kappa shape index (κ2) is 8.34. The maximum atomic E-state index is 12.6. The quantitative estimate of drug-likeness (QED) is 0.703. The fourth-order valence-electron chi connectivity index (χ4n) is 2.95. The van der Waals surface area contributed by atoms with Crippen LogP contribution in [0.1, 0.15) is 48.4 Å². The molecule has 0 fully saturated rings. The van der Waals surface area contributed by atoms with Gasteiger partial charge in [-0.15, -0.1) is 0 Å². The van der Waals surface area contributed by atoms with Crippen molar-refractivity contribution in [1.29, 1.82) is 0 Å². The number of nitrogens with two attached hydrogens (primary N) is 1. The van der Waals surface area contributed by atoms with Crippen molar-refractivity contribution >= 4 is 17.6 Å². The van der Waals surface area contributed by atoms with E-state index in [0.29, 0.717) is 18.2 Å². The Morgan fingerprint density at radius 3 is 2.76 bits per heavy atom. The van der Waals surface area contributed by atoms with Gasteiger partial charge in [0.25, 0.3) is 0 Å². The Balaban J connectivity index is 1.76. The summed E-state index contributed by atoms with van der Waals surface area (Å²) >= 11 is 0. The Morgan fingerprint density at radius 2 is 2.10 bits per heavy atom. The first-order valence-electron chi connectivity index (χ1n) is 9.37. The molecule has 0 radical (unpaired) electrons. The number of guanidine groups is 1. The van der Waals surface area contributed by atoms with Gasteiger partial charge in [0.2, 0.25) is 11.8 Å². The van der Waals surface area contributed by atoms with Gasteiger partial charge in [-0.2, -0.15) is 0 Å². The van der Waals surface area contributed by atoms with Crippen molar-refractivity contribution in [3.8, 4) is 5.88 Å². The van der Waals surface area contributed by atoms with Crippen LogP contribution in [0.2, 0.25) is 0 Å². The first-order valence-corrected chi connectivity index (χ1v) is 9.37. The highest BCUT2D eigenvalue weighted by atomic mass is 16.5. The Morgan fingerprint density at radius 1 is 1.31 bits per heavy atom. The first-order chi connectivity index (χ1) is 13.8. The molecule has 152 valence electrons. The molecular formula is C20H24N6O3. The van der Waals surface area contributed by atoms with E-state index < -0.39 is 5.54 Å². The zero-order valence-corrected chi connectivity index (χ0v) is 16.8. The van der Waals surface area contributed by atoms with E-state index in [-0.39, 0.29) is 36.2 Å². The van der Waals surface area contributed by atoms with Crippen LogP contribution in [0.3, 0.4) is 0 Å². The van der Waals surface area contributed by atoms with Crippen LogP contribution >= 0.6 is 0 Å². The van der Waals surface area contributed by atoms with Crippen LogP contribution in [0.25, 0.3) is 0 Å². The van der Waals surface area contributed by atoms with Crippen molar-refractivity contribution in [2.24, 2.45) is 10.7 Å². The van der Waals surface area contributed by atoms with Gasteiger partial charge in [0.1, 0.15) is 11.2 Å². The molecule has 1 aliphatic heterocycles. The molecule has 1 unspecified atom stereocenters. The molecule has 3 heterocycles. The van der Waals surface area contributed by atoms with Crippen LogP contribution in [-0.2, 0) is 16.8 Å². The molecular weight excluding hydrogens is 372 g/mol. The zero-order valence-electron chi connectivity index (χ0n) is 16.8. The summed E-state index contributed by atoms with van der Waals surface area (Å²) < 4.78 is 5.38. The number of hydrogen-bond acceptors (Lipinski definition) is 8. The van der Waals surface area contributed by atoms with Crippen molar-refractivity contribution in [1.82, 2.24) is 19.9 Å². The largest absolute Gasteiger partial charge is 0.477 e. The highest BCUT2D eigenvalue weighted by molar-refractivity contribution is 5.98. The van der Waals surface area contributed by atoms with Crippen LogP contribution in [-0.4, -0.2) is 51.2 Å². The average molecular weight is 396 g/mol. The molecule has 0 saturated carbocycles. The number of ketones is 1. The van der Waals surface area contributed by atoms with Crippen molar-refractivity contribution < 1.29 is 14.3 Å². The minimum atomic E-state index is -0.870. The lowest BCUT2D eigenvalue weighted by Crippen LogP contribution is -2.47. The van der Waals surface area contributed by atoms with Crippen molar-refractivity contribution in [2.45, 2.75) is 38.6 Å². The van der Waals surface area contributed by atoms with Crippen molar-refractivity contribution in [3.05, 3.63) is 47.7 Å². The van der Waals surface area contributed by atoms with E-state index in [0.717, 1.165) is 12.0 Å². The molecule has 1 atom stereocenters. The fourth-order valence-corrected chi connectivity index (χ4v) is 2.95. The number of amides is 1. The topological polar surface area (TPSA) is 124 Å². The highest BCUT2D eigenvalue weighted by Gasteiger charge is 2.37. The molecule has 0 bridgehead atoms. The lowest BCUT2D eigenvalue weighted by Gasteiger charge is -2.32. The lowest BCUT2D eigenvalue weighted by molar-refractivity contribution is -0.128. The molecule has 1 aliphatic rings. The van der Waals surface area contributed by atoms with E-state index in [2.05, 4.69) is 19.9 Å². The van der Waals surface area contributed by atoms with Gasteiger partial charge < -0.3 is 10.5 Å². The molecule has 0 spiro atoms. The maximum Gasteiger partial charge on any atom is 0.232 e. The number of aliphatic imine (C=N–C) groups is 1. The second-order valence-electron chi connectivity index (χ2n) is 7.11. The summed E-state index contributed by atoms with van der Waals surface area (Å²) in [6.45, 7) is 4.35. The Bertz CT molecular complexity index is 943. The van der Waals surface area contributed by atoms with Crippen molar-refractivity contribution in [2.75, 3.05) is 13.7 Å². The number of rotatable bonds is 7. The summed E-state index contributed by atoms with van der Waals surface area (Å²) in [7, 11) is 1.59. The number of carbonyl (C=O) groups is 2. The molecule has 3 rings (SSSR count). The van der Waals surface area contributed by atoms with Crippen molar-refractivity contribution in [3.63, 3.8) is 0 Å². The van der Waals surface area contributed by atoms with Gasteiger partial charge in [-0.3, -0.25) is 19.5 Å². The predicted molar refractivity (Wildman–Crippen MR) is 106 cm³/mol. The Hall–Kier alpha value is -3.36. The molecule has 29 heavy (non-hydrogen) atoms. The summed E-state index contributed by atoms with van der Waals surface area (Å²) in [5, 5.41) is 0. The number of Topliss-reactive ketones (excluding diaryl/α,β-unsaturated/α-hetero) is 1. The van der Waals surface area contributed by atoms with Gasteiger partial charge >= 0.3 is 0 Å². The third-order valence-electron chi connectivity index (χ3n) is 4.68. The molecule has 0 aromatic carbocycles. The Kier molecular flexibility index (Phi) is 5.86. The van der Waals surface area contributed by atoms with E-state index in [4.69, 9.17) is 10.5 Å². The molecule has 0 aliphatic carbocycles. The standard InChI is InChI=1S/C20H24N6O3/c1-4-7-29-17-12-23-14(11-24-17)15(27)8-13-5-6-22-16(9-13)20(2)10-18(28)26(3)19(21)25-20/h5-6,9,11-12H,4,7-8,10H2,1-3H3,(H2,21,25). The monoisotopic (exact) mass is 396 g/mol. The number of aromatic nitrogens is 3. The van der Waals surface area contributed by atoms with Crippen LogP contribution in [0, 0.1) is 0 Å². The average Bonchev–Trinajstić information content (AvgIpc) is 2.71. The molecule has 2 aromatic rings. The zero-order chi connectivity index (χ0) is 21.0. The third-order valence-corrected chi connectivity index (χ3v) is 4.68. The minimum Gasteiger partial charge on any atom is -0.477 e. The van der Waals surface area contributed by atoms with Gasteiger partial charge in [0.15, 0.2) is 11.7 Å². The molecule has 2 N–H and O–H groups in total. The fraction of sp³-hybridized carbons (Fsp3) is 0.400. The second-order valence-corrected chi connectivity index (χ2v) is 7.11. The summed E-state index contributed by atoms with van der Waals surface area (Å²) in [4.78, 5) is 43.2. The number of pyridine rings is 1. The highest BCUT2D eigenvalue weighted by Crippen LogP contribution is 2.31. The first kappa shape index (κ1) is 20.4. The minimum absolute atomic E-state index is 0.127. The number of hydrogen-bond donors (Lipinski definition) is 1. The smallest absolute Gasteiger partial charge is 0.232 e. The SMILES string of the molecule is CCCOc1cnc(C(=O)Cc2ccnc(C3(C)CC(=O)N(C)C(N)=N3)c2)cn1. The molecule has 1 amide bonds.